The van der Waals surface area contributed by atoms with Crippen LogP contribution in [0.4, 0.5) is 0 Å². The van der Waals surface area contributed by atoms with Crippen molar-refractivity contribution in [2.75, 3.05) is 7.11 Å². The lowest BCUT2D eigenvalue weighted by atomic mass is 10.2. The standard InChI is InChI=1S/C13H11ClO3S/c1-16-13(15)9-2-4-10(5-3-9)17-8-11-6-7-12(14)18-11/h2-7H,8H2,1H3. The molecular weight excluding hydrogens is 272 g/mol. The fraction of sp³-hybridized carbons (Fsp3) is 0.154. The number of methoxy groups -OCH3 is 1. The van der Waals surface area contributed by atoms with Crippen LogP contribution in [0, 0.1) is 0 Å². The molecule has 1 aromatic carbocycles. The third-order valence-electron chi connectivity index (χ3n) is 2.29. The van der Waals surface area contributed by atoms with E-state index in [0.29, 0.717) is 17.9 Å². The molecule has 0 N–H and O–H groups in total. The third kappa shape index (κ3) is 3.24. The van der Waals surface area contributed by atoms with E-state index in [4.69, 9.17) is 16.3 Å². The lowest BCUT2D eigenvalue weighted by molar-refractivity contribution is 0.0600. The molecule has 5 heteroatoms. The van der Waals surface area contributed by atoms with Gasteiger partial charge in [-0.05, 0) is 36.4 Å². The van der Waals surface area contributed by atoms with E-state index < -0.39 is 0 Å². The molecule has 0 amide bonds. The topological polar surface area (TPSA) is 35.5 Å². The molecule has 0 atom stereocenters. The maximum atomic E-state index is 11.2. The van der Waals surface area contributed by atoms with Crippen LogP contribution in [0.1, 0.15) is 15.2 Å². The highest BCUT2D eigenvalue weighted by Crippen LogP contribution is 2.23. The maximum Gasteiger partial charge on any atom is 0.337 e. The van der Waals surface area contributed by atoms with Crippen LogP contribution in [-0.4, -0.2) is 13.1 Å². The fourth-order valence-corrected chi connectivity index (χ4v) is 2.39. The number of esters is 1. The quantitative estimate of drug-likeness (QED) is 0.801. The van der Waals surface area contributed by atoms with Gasteiger partial charge in [0, 0.05) is 4.88 Å². The summed E-state index contributed by atoms with van der Waals surface area (Å²) in [5.74, 6) is 0.346. The minimum atomic E-state index is -0.355. The average molecular weight is 283 g/mol. The van der Waals surface area contributed by atoms with Gasteiger partial charge < -0.3 is 9.47 Å². The van der Waals surface area contributed by atoms with Gasteiger partial charge in [0.1, 0.15) is 12.4 Å². The van der Waals surface area contributed by atoms with Crippen molar-refractivity contribution < 1.29 is 14.3 Å². The van der Waals surface area contributed by atoms with E-state index in [-0.39, 0.29) is 5.97 Å². The monoisotopic (exact) mass is 282 g/mol. The first-order chi connectivity index (χ1) is 8.69. The lowest BCUT2D eigenvalue weighted by Gasteiger charge is -2.05. The molecule has 2 rings (SSSR count). The van der Waals surface area contributed by atoms with Crippen molar-refractivity contribution >= 4 is 28.9 Å². The summed E-state index contributed by atoms with van der Waals surface area (Å²) in [4.78, 5) is 12.3. The minimum Gasteiger partial charge on any atom is -0.488 e. The number of hydrogen-bond acceptors (Lipinski definition) is 4. The number of carbonyl (C=O) groups is 1. The Morgan fingerprint density at radius 3 is 2.50 bits per heavy atom. The Balaban J connectivity index is 1.96. The van der Waals surface area contributed by atoms with Gasteiger partial charge in [-0.1, -0.05) is 11.6 Å². The summed E-state index contributed by atoms with van der Waals surface area (Å²) >= 11 is 7.31. The van der Waals surface area contributed by atoms with E-state index in [1.165, 1.54) is 18.4 Å². The summed E-state index contributed by atoms with van der Waals surface area (Å²) in [5, 5.41) is 0. The van der Waals surface area contributed by atoms with Crippen LogP contribution in [0.3, 0.4) is 0 Å². The maximum absolute atomic E-state index is 11.2. The van der Waals surface area contributed by atoms with Crippen LogP contribution in [0.25, 0.3) is 0 Å². The van der Waals surface area contributed by atoms with Gasteiger partial charge in [-0.2, -0.15) is 0 Å². The molecule has 0 saturated heterocycles. The Morgan fingerprint density at radius 1 is 1.22 bits per heavy atom. The van der Waals surface area contributed by atoms with E-state index in [2.05, 4.69) is 4.74 Å². The highest BCUT2D eigenvalue weighted by Gasteiger charge is 2.05. The van der Waals surface area contributed by atoms with Gasteiger partial charge >= 0.3 is 5.97 Å². The van der Waals surface area contributed by atoms with E-state index in [1.807, 2.05) is 12.1 Å². The predicted molar refractivity (Wildman–Crippen MR) is 71.4 cm³/mol. The van der Waals surface area contributed by atoms with E-state index >= 15 is 0 Å². The Kier molecular flexibility index (Phi) is 4.23. The second kappa shape index (κ2) is 5.89. The second-order valence-corrected chi connectivity index (χ2v) is 5.31. The summed E-state index contributed by atoms with van der Waals surface area (Å²) in [6, 6.07) is 10.6. The van der Waals surface area contributed by atoms with Gasteiger partial charge in [0.25, 0.3) is 0 Å². The zero-order valence-electron chi connectivity index (χ0n) is 9.68. The minimum absolute atomic E-state index is 0.355. The molecule has 0 bridgehead atoms. The van der Waals surface area contributed by atoms with Crippen LogP contribution in [0.2, 0.25) is 4.34 Å². The molecule has 2 aromatic rings. The second-order valence-electron chi connectivity index (χ2n) is 3.51. The molecule has 1 heterocycles. The van der Waals surface area contributed by atoms with Gasteiger partial charge in [-0.15, -0.1) is 11.3 Å². The third-order valence-corrected chi connectivity index (χ3v) is 3.49. The number of ether oxygens (including phenoxy) is 2. The molecule has 0 fully saturated rings. The van der Waals surface area contributed by atoms with E-state index in [1.54, 1.807) is 24.3 Å². The number of hydrogen-bond donors (Lipinski definition) is 0. The largest absolute Gasteiger partial charge is 0.488 e. The van der Waals surface area contributed by atoms with Gasteiger partial charge in [-0.3, -0.25) is 0 Å². The highest BCUT2D eigenvalue weighted by molar-refractivity contribution is 7.16. The van der Waals surface area contributed by atoms with Crippen LogP contribution >= 0.6 is 22.9 Å². The summed E-state index contributed by atoms with van der Waals surface area (Å²) < 4.78 is 10.9. The molecule has 0 radical (unpaired) electrons. The van der Waals surface area contributed by atoms with Crippen molar-refractivity contribution in [2.24, 2.45) is 0 Å². The summed E-state index contributed by atoms with van der Waals surface area (Å²) in [6.45, 7) is 0.467. The first kappa shape index (κ1) is 12.9. The van der Waals surface area contributed by atoms with E-state index in [0.717, 1.165) is 9.21 Å². The van der Waals surface area contributed by atoms with Gasteiger partial charge in [-0.25, -0.2) is 4.79 Å². The molecule has 1 aromatic heterocycles. The lowest BCUT2D eigenvalue weighted by Crippen LogP contribution is -2.00. The van der Waals surface area contributed by atoms with Crippen LogP contribution in [-0.2, 0) is 11.3 Å². The molecule has 0 saturated carbocycles. The van der Waals surface area contributed by atoms with Crippen molar-refractivity contribution in [1.29, 1.82) is 0 Å². The van der Waals surface area contributed by atoms with Crippen molar-refractivity contribution in [1.82, 2.24) is 0 Å². The Labute approximate surface area is 114 Å². The van der Waals surface area contributed by atoms with Crippen LogP contribution < -0.4 is 4.74 Å². The molecular formula is C13H11ClO3S. The summed E-state index contributed by atoms with van der Waals surface area (Å²) in [5.41, 5.74) is 0.504. The zero-order chi connectivity index (χ0) is 13.0. The average Bonchev–Trinajstić information content (AvgIpc) is 2.82. The normalized spacial score (nSPS) is 10.1. The smallest absolute Gasteiger partial charge is 0.337 e. The molecule has 0 aliphatic heterocycles. The number of thiophene rings is 1. The number of rotatable bonds is 4. The predicted octanol–water partition coefficient (Wildman–Crippen LogP) is 3.77. The summed E-state index contributed by atoms with van der Waals surface area (Å²) in [6.07, 6.45) is 0. The van der Waals surface area contributed by atoms with Crippen LogP contribution in [0.5, 0.6) is 5.75 Å². The van der Waals surface area contributed by atoms with Gasteiger partial charge in [0.2, 0.25) is 0 Å². The Morgan fingerprint density at radius 2 is 1.94 bits per heavy atom. The fourth-order valence-electron chi connectivity index (χ4n) is 1.39. The zero-order valence-corrected chi connectivity index (χ0v) is 11.3. The molecule has 18 heavy (non-hydrogen) atoms. The first-order valence-electron chi connectivity index (χ1n) is 5.24. The molecule has 3 nitrogen and oxygen atoms in total. The van der Waals surface area contributed by atoms with Crippen LogP contribution in [0.15, 0.2) is 36.4 Å². The SMILES string of the molecule is COC(=O)c1ccc(OCc2ccc(Cl)s2)cc1. The Hall–Kier alpha value is -1.52. The van der Waals surface area contributed by atoms with Gasteiger partial charge in [0.05, 0.1) is 17.0 Å². The molecule has 0 spiro atoms. The van der Waals surface area contributed by atoms with Crippen molar-refractivity contribution in [3.05, 3.63) is 51.2 Å². The number of carbonyl (C=O) groups excluding carboxylic acids is 1. The molecule has 0 aliphatic rings. The number of halogens is 1. The highest BCUT2D eigenvalue weighted by atomic mass is 35.5. The van der Waals surface area contributed by atoms with Crippen molar-refractivity contribution in [2.45, 2.75) is 6.61 Å². The first-order valence-corrected chi connectivity index (χ1v) is 6.44. The van der Waals surface area contributed by atoms with Crippen molar-refractivity contribution in [3.8, 4) is 5.75 Å². The molecule has 0 unspecified atom stereocenters. The van der Waals surface area contributed by atoms with Crippen molar-refractivity contribution in [3.63, 3.8) is 0 Å². The number of benzene rings is 1. The molecule has 0 aliphatic carbocycles. The Bertz CT molecular complexity index is 533. The molecule has 94 valence electrons. The van der Waals surface area contributed by atoms with E-state index in [9.17, 15) is 4.79 Å². The summed E-state index contributed by atoms with van der Waals surface area (Å²) in [7, 11) is 1.35. The van der Waals surface area contributed by atoms with Gasteiger partial charge in [0.15, 0.2) is 0 Å².